The Labute approximate surface area is 114 Å². The smallest absolute Gasteiger partial charge is 0.00964 e. The van der Waals surface area contributed by atoms with Crippen molar-refractivity contribution in [3.63, 3.8) is 0 Å². The first kappa shape index (κ1) is 14.3. The molecular weight excluding hydrogens is 220 g/mol. The molecule has 0 aromatic rings. The summed E-state index contributed by atoms with van der Waals surface area (Å²) in [6, 6.07) is 1.77. The van der Waals surface area contributed by atoms with Gasteiger partial charge in [-0.3, -0.25) is 0 Å². The molecule has 1 saturated carbocycles. The van der Waals surface area contributed by atoms with E-state index < -0.39 is 0 Å². The minimum Gasteiger partial charge on any atom is -0.314 e. The number of nitrogens with zero attached hydrogens (tertiary/aromatic N) is 1. The Bertz CT molecular complexity index is 217. The second kappa shape index (κ2) is 7.49. The van der Waals surface area contributed by atoms with Gasteiger partial charge in [-0.2, -0.15) is 0 Å². The Morgan fingerprint density at radius 3 is 2.56 bits per heavy atom. The second-order valence-electron chi connectivity index (χ2n) is 6.74. The Morgan fingerprint density at radius 1 is 1.11 bits per heavy atom. The summed E-state index contributed by atoms with van der Waals surface area (Å²) in [7, 11) is 0. The lowest BCUT2D eigenvalue weighted by Crippen LogP contribution is -2.35. The van der Waals surface area contributed by atoms with Crippen LogP contribution in [0.2, 0.25) is 0 Å². The second-order valence-corrected chi connectivity index (χ2v) is 6.74. The Hall–Kier alpha value is -0.0800. The third-order valence-corrected chi connectivity index (χ3v) is 4.47. The SMILES string of the molecule is CC(C)CCN(CCCC1CCCCN1)C1CC1. The van der Waals surface area contributed by atoms with Crippen molar-refractivity contribution in [1.82, 2.24) is 10.2 Å². The van der Waals surface area contributed by atoms with Gasteiger partial charge in [-0.1, -0.05) is 20.3 Å². The van der Waals surface area contributed by atoms with Crippen LogP contribution in [-0.4, -0.2) is 36.6 Å². The molecule has 2 aliphatic rings. The maximum absolute atomic E-state index is 3.67. The van der Waals surface area contributed by atoms with Crippen LogP contribution in [0.3, 0.4) is 0 Å². The maximum atomic E-state index is 3.67. The molecule has 2 fully saturated rings. The van der Waals surface area contributed by atoms with Crippen molar-refractivity contribution in [3.05, 3.63) is 0 Å². The predicted molar refractivity (Wildman–Crippen MR) is 78.9 cm³/mol. The van der Waals surface area contributed by atoms with Gasteiger partial charge in [0.25, 0.3) is 0 Å². The lowest BCUT2D eigenvalue weighted by Gasteiger charge is -2.26. The highest BCUT2D eigenvalue weighted by Gasteiger charge is 2.28. The lowest BCUT2D eigenvalue weighted by molar-refractivity contribution is 0.235. The van der Waals surface area contributed by atoms with E-state index in [1.165, 1.54) is 71.0 Å². The molecule has 0 amide bonds. The summed E-state index contributed by atoms with van der Waals surface area (Å²) < 4.78 is 0. The average Bonchev–Trinajstić information content (AvgIpc) is 3.19. The molecular formula is C16H32N2. The zero-order valence-corrected chi connectivity index (χ0v) is 12.5. The number of nitrogens with one attached hydrogen (secondary N) is 1. The molecule has 0 spiro atoms. The zero-order chi connectivity index (χ0) is 12.8. The van der Waals surface area contributed by atoms with Gasteiger partial charge in [0.05, 0.1) is 0 Å². The molecule has 2 heteroatoms. The van der Waals surface area contributed by atoms with Crippen molar-refractivity contribution in [2.75, 3.05) is 19.6 Å². The fraction of sp³-hybridized carbons (Fsp3) is 1.00. The van der Waals surface area contributed by atoms with E-state index in [-0.39, 0.29) is 0 Å². The van der Waals surface area contributed by atoms with Crippen LogP contribution >= 0.6 is 0 Å². The van der Waals surface area contributed by atoms with Gasteiger partial charge >= 0.3 is 0 Å². The number of piperidine rings is 1. The standard InChI is InChI=1S/C16H32N2/c1-14(2)10-13-18(16-8-9-16)12-5-7-15-6-3-4-11-17-15/h14-17H,3-13H2,1-2H3. The summed E-state index contributed by atoms with van der Waals surface area (Å²) in [6.07, 6.45) is 11.3. The van der Waals surface area contributed by atoms with Crippen molar-refractivity contribution in [3.8, 4) is 0 Å². The third-order valence-electron chi connectivity index (χ3n) is 4.47. The van der Waals surface area contributed by atoms with Crippen LogP contribution < -0.4 is 5.32 Å². The van der Waals surface area contributed by atoms with Gasteiger partial charge in [0.2, 0.25) is 0 Å². The third kappa shape index (κ3) is 5.27. The number of hydrogen-bond donors (Lipinski definition) is 1. The fourth-order valence-electron chi connectivity index (χ4n) is 3.05. The molecule has 1 unspecified atom stereocenters. The van der Waals surface area contributed by atoms with E-state index in [0.29, 0.717) is 0 Å². The molecule has 1 N–H and O–H groups in total. The van der Waals surface area contributed by atoms with Crippen molar-refractivity contribution < 1.29 is 0 Å². The van der Waals surface area contributed by atoms with Crippen LogP contribution in [0.25, 0.3) is 0 Å². The molecule has 1 aliphatic carbocycles. The minimum atomic E-state index is 0.824. The molecule has 2 rings (SSSR count). The predicted octanol–water partition coefficient (Wildman–Crippen LogP) is 3.42. The van der Waals surface area contributed by atoms with E-state index in [1.54, 1.807) is 0 Å². The van der Waals surface area contributed by atoms with Gasteiger partial charge in [0.1, 0.15) is 0 Å². The summed E-state index contributed by atoms with van der Waals surface area (Å²) in [6.45, 7) is 8.62. The Balaban J connectivity index is 1.59. The van der Waals surface area contributed by atoms with E-state index >= 15 is 0 Å². The molecule has 1 atom stereocenters. The van der Waals surface area contributed by atoms with E-state index in [1.807, 2.05) is 0 Å². The summed E-state index contributed by atoms with van der Waals surface area (Å²) in [4.78, 5) is 2.77. The maximum Gasteiger partial charge on any atom is 0.00964 e. The molecule has 106 valence electrons. The topological polar surface area (TPSA) is 15.3 Å². The molecule has 0 aromatic carbocycles. The Morgan fingerprint density at radius 2 is 1.94 bits per heavy atom. The largest absolute Gasteiger partial charge is 0.314 e. The first-order valence-electron chi connectivity index (χ1n) is 8.23. The van der Waals surface area contributed by atoms with Gasteiger partial charge in [0.15, 0.2) is 0 Å². The molecule has 1 heterocycles. The fourth-order valence-corrected chi connectivity index (χ4v) is 3.05. The van der Waals surface area contributed by atoms with E-state index in [2.05, 4.69) is 24.1 Å². The molecule has 0 aromatic heterocycles. The van der Waals surface area contributed by atoms with Crippen LogP contribution in [-0.2, 0) is 0 Å². The van der Waals surface area contributed by atoms with Crippen LogP contribution in [0.15, 0.2) is 0 Å². The number of rotatable bonds is 8. The Kier molecular flexibility index (Phi) is 5.97. The highest BCUT2D eigenvalue weighted by Crippen LogP contribution is 2.28. The molecule has 0 bridgehead atoms. The normalized spacial score (nSPS) is 25.0. The van der Waals surface area contributed by atoms with Gasteiger partial charge < -0.3 is 10.2 Å². The van der Waals surface area contributed by atoms with Gasteiger partial charge in [-0.15, -0.1) is 0 Å². The summed E-state index contributed by atoms with van der Waals surface area (Å²) >= 11 is 0. The monoisotopic (exact) mass is 252 g/mol. The average molecular weight is 252 g/mol. The van der Waals surface area contributed by atoms with Gasteiger partial charge in [0, 0.05) is 12.1 Å². The van der Waals surface area contributed by atoms with Crippen LogP contribution in [0.4, 0.5) is 0 Å². The lowest BCUT2D eigenvalue weighted by atomic mass is 10.0. The van der Waals surface area contributed by atoms with E-state index in [0.717, 1.165) is 18.0 Å². The first-order chi connectivity index (χ1) is 8.75. The summed E-state index contributed by atoms with van der Waals surface area (Å²) in [5.41, 5.74) is 0. The van der Waals surface area contributed by atoms with Crippen molar-refractivity contribution in [1.29, 1.82) is 0 Å². The highest BCUT2D eigenvalue weighted by molar-refractivity contribution is 4.85. The number of hydrogen-bond acceptors (Lipinski definition) is 2. The molecule has 0 radical (unpaired) electrons. The minimum absolute atomic E-state index is 0.824. The van der Waals surface area contributed by atoms with Crippen LogP contribution in [0.1, 0.15) is 65.2 Å². The van der Waals surface area contributed by atoms with E-state index in [9.17, 15) is 0 Å². The molecule has 2 nitrogen and oxygen atoms in total. The first-order valence-corrected chi connectivity index (χ1v) is 8.23. The molecule has 18 heavy (non-hydrogen) atoms. The zero-order valence-electron chi connectivity index (χ0n) is 12.5. The van der Waals surface area contributed by atoms with Crippen LogP contribution in [0.5, 0.6) is 0 Å². The van der Waals surface area contributed by atoms with Crippen LogP contribution in [0, 0.1) is 5.92 Å². The van der Waals surface area contributed by atoms with Gasteiger partial charge in [-0.25, -0.2) is 0 Å². The van der Waals surface area contributed by atoms with E-state index in [4.69, 9.17) is 0 Å². The molecule has 1 saturated heterocycles. The highest BCUT2D eigenvalue weighted by atomic mass is 15.2. The molecule has 1 aliphatic heterocycles. The summed E-state index contributed by atoms with van der Waals surface area (Å²) in [5, 5.41) is 3.67. The quantitative estimate of drug-likeness (QED) is 0.712. The van der Waals surface area contributed by atoms with Crippen molar-refractivity contribution in [2.45, 2.75) is 77.3 Å². The van der Waals surface area contributed by atoms with Crippen molar-refractivity contribution in [2.24, 2.45) is 5.92 Å². The summed E-state index contributed by atoms with van der Waals surface area (Å²) in [5.74, 6) is 0.853. The van der Waals surface area contributed by atoms with Gasteiger partial charge in [-0.05, 0) is 70.5 Å². The van der Waals surface area contributed by atoms with Crippen molar-refractivity contribution >= 4 is 0 Å².